The van der Waals surface area contributed by atoms with E-state index in [9.17, 15) is 0 Å². The van der Waals surface area contributed by atoms with E-state index in [0.29, 0.717) is 12.6 Å². The summed E-state index contributed by atoms with van der Waals surface area (Å²) >= 11 is 0. The largest absolute Gasteiger partial charge is 0.396 e. The highest BCUT2D eigenvalue weighted by Crippen LogP contribution is 2.38. The lowest BCUT2D eigenvalue weighted by Gasteiger charge is -2.44. The fraction of sp³-hybridized carbons (Fsp3) is 1.00. The van der Waals surface area contributed by atoms with Gasteiger partial charge in [0, 0.05) is 32.4 Å². The van der Waals surface area contributed by atoms with E-state index in [2.05, 4.69) is 5.32 Å². The lowest BCUT2D eigenvalue weighted by molar-refractivity contribution is -0.110. The standard InChI is InChI=1S/C15H29NO3/c1-18-12-14(5-9-17)16-13-6-10-19-15(11-13)7-3-2-4-8-15/h13-14,16-17H,2-12H2,1H3. The summed E-state index contributed by atoms with van der Waals surface area (Å²) < 4.78 is 11.3. The van der Waals surface area contributed by atoms with Crippen LogP contribution in [0.25, 0.3) is 0 Å². The molecule has 1 aliphatic carbocycles. The third-order valence-corrected chi connectivity index (χ3v) is 4.57. The number of ether oxygens (including phenoxy) is 2. The Bertz CT molecular complexity index is 242. The maximum atomic E-state index is 9.11. The van der Waals surface area contributed by atoms with Gasteiger partial charge in [0.25, 0.3) is 0 Å². The minimum atomic E-state index is 0.144. The van der Waals surface area contributed by atoms with Crippen LogP contribution in [-0.4, -0.2) is 49.7 Å². The lowest BCUT2D eigenvalue weighted by Crippen LogP contribution is -2.51. The van der Waals surface area contributed by atoms with Crippen molar-refractivity contribution in [3.8, 4) is 0 Å². The van der Waals surface area contributed by atoms with Gasteiger partial charge < -0.3 is 19.9 Å². The van der Waals surface area contributed by atoms with Gasteiger partial charge in [-0.05, 0) is 32.1 Å². The van der Waals surface area contributed by atoms with Crippen LogP contribution >= 0.6 is 0 Å². The number of hydrogen-bond acceptors (Lipinski definition) is 4. The SMILES string of the molecule is COCC(CCO)NC1CCOC2(CCCCC2)C1. The smallest absolute Gasteiger partial charge is 0.0697 e. The summed E-state index contributed by atoms with van der Waals surface area (Å²) in [6.45, 7) is 1.76. The van der Waals surface area contributed by atoms with E-state index < -0.39 is 0 Å². The van der Waals surface area contributed by atoms with Crippen LogP contribution in [0.1, 0.15) is 51.4 Å². The van der Waals surface area contributed by atoms with Gasteiger partial charge in [-0.1, -0.05) is 19.3 Å². The van der Waals surface area contributed by atoms with Crippen LogP contribution in [0.2, 0.25) is 0 Å². The van der Waals surface area contributed by atoms with Crippen LogP contribution in [-0.2, 0) is 9.47 Å². The molecule has 112 valence electrons. The molecule has 0 radical (unpaired) electrons. The highest BCUT2D eigenvalue weighted by atomic mass is 16.5. The average molecular weight is 271 g/mol. The molecule has 1 saturated heterocycles. The normalized spacial score (nSPS) is 28.4. The molecule has 1 heterocycles. The fourth-order valence-electron chi connectivity index (χ4n) is 3.62. The summed E-state index contributed by atoms with van der Waals surface area (Å²) in [5.74, 6) is 0. The van der Waals surface area contributed by atoms with Gasteiger partial charge in [-0.15, -0.1) is 0 Å². The van der Waals surface area contributed by atoms with Crippen LogP contribution in [0.3, 0.4) is 0 Å². The second kappa shape index (κ2) is 7.58. The van der Waals surface area contributed by atoms with Crippen molar-refractivity contribution in [2.45, 2.75) is 69.1 Å². The molecular weight excluding hydrogens is 242 g/mol. The molecule has 19 heavy (non-hydrogen) atoms. The molecule has 2 atom stereocenters. The summed E-state index contributed by atoms with van der Waals surface area (Å²) in [7, 11) is 1.72. The van der Waals surface area contributed by atoms with Crippen LogP contribution in [0.4, 0.5) is 0 Å². The van der Waals surface area contributed by atoms with E-state index in [1.807, 2.05) is 0 Å². The molecule has 0 amide bonds. The maximum Gasteiger partial charge on any atom is 0.0697 e. The summed E-state index contributed by atoms with van der Waals surface area (Å²) in [5.41, 5.74) is 0.144. The van der Waals surface area contributed by atoms with Crippen molar-refractivity contribution in [1.29, 1.82) is 0 Å². The predicted molar refractivity (Wildman–Crippen MR) is 75.3 cm³/mol. The summed E-state index contributed by atoms with van der Waals surface area (Å²) in [4.78, 5) is 0. The first-order chi connectivity index (χ1) is 9.28. The summed E-state index contributed by atoms with van der Waals surface area (Å²) in [6.07, 6.45) is 9.39. The Morgan fingerprint density at radius 2 is 2.16 bits per heavy atom. The molecule has 0 aromatic heterocycles. The molecule has 2 N–H and O–H groups in total. The van der Waals surface area contributed by atoms with Crippen molar-refractivity contribution < 1.29 is 14.6 Å². The van der Waals surface area contributed by atoms with Crippen molar-refractivity contribution in [1.82, 2.24) is 5.32 Å². The highest BCUT2D eigenvalue weighted by molar-refractivity contribution is 4.93. The van der Waals surface area contributed by atoms with E-state index in [-0.39, 0.29) is 18.2 Å². The van der Waals surface area contributed by atoms with Crippen LogP contribution in [0.15, 0.2) is 0 Å². The van der Waals surface area contributed by atoms with Gasteiger partial charge in [-0.3, -0.25) is 0 Å². The molecule has 1 aliphatic heterocycles. The first kappa shape index (κ1) is 15.2. The maximum absolute atomic E-state index is 9.11. The predicted octanol–water partition coefficient (Wildman–Crippen LogP) is 1.86. The number of hydrogen-bond donors (Lipinski definition) is 2. The fourth-order valence-corrected chi connectivity index (χ4v) is 3.62. The third kappa shape index (κ3) is 4.42. The molecule has 2 unspecified atom stereocenters. The molecule has 4 nitrogen and oxygen atoms in total. The first-order valence-electron chi connectivity index (χ1n) is 7.78. The molecular formula is C15H29NO3. The minimum absolute atomic E-state index is 0.144. The number of aliphatic hydroxyl groups excluding tert-OH is 1. The number of methoxy groups -OCH3 is 1. The van der Waals surface area contributed by atoms with E-state index in [1.165, 1.54) is 32.1 Å². The van der Waals surface area contributed by atoms with Crippen molar-refractivity contribution in [2.24, 2.45) is 0 Å². The van der Waals surface area contributed by atoms with E-state index in [1.54, 1.807) is 7.11 Å². The third-order valence-electron chi connectivity index (χ3n) is 4.57. The van der Waals surface area contributed by atoms with Gasteiger partial charge in [-0.2, -0.15) is 0 Å². The zero-order chi connectivity index (χ0) is 13.6. The van der Waals surface area contributed by atoms with Gasteiger partial charge in [0.05, 0.1) is 12.2 Å². The minimum Gasteiger partial charge on any atom is -0.396 e. The van der Waals surface area contributed by atoms with Gasteiger partial charge in [0.15, 0.2) is 0 Å². The number of aliphatic hydroxyl groups is 1. The van der Waals surface area contributed by atoms with Gasteiger partial charge in [-0.25, -0.2) is 0 Å². The monoisotopic (exact) mass is 271 g/mol. The van der Waals surface area contributed by atoms with Crippen LogP contribution in [0.5, 0.6) is 0 Å². The Kier molecular flexibility index (Phi) is 6.07. The number of nitrogens with one attached hydrogen (secondary N) is 1. The highest BCUT2D eigenvalue weighted by Gasteiger charge is 2.38. The second-order valence-corrected chi connectivity index (χ2v) is 6.11. The molecule has 2 aliphatic rings. The van der Waals surface area contributed by atoms with Gasteiger partial charge in [0.1, 0.15) is 0 Å². The Hall–Kier alpha value is -0.160. The van der Waals surface area contributed by atoms with Gasteiger partial charge in [0.2, 0.25) is 0 Å². The Morgan fingerprint density at radius 3 is 2.84 bits per heavy atom. The van der Waals surface area contributed by atoms with Crippen molar-refractivity contribution in [3.63, 3.8) is 0 Å². The summed E-state index contributed by atoms with van der Waals surface area (Å²) in [6, 6.07) is 0.775. The van der Waals surface area contributed by atoms with Gasteiger partial charge >= 0.3 is 0 Å². The molecule has 0 aromatic rings. The first-order valence-corrected chi connectivity index (χ1v) is 7.78. The number of rotatable bonds is 6. The Balaban J connectivity index is 1.85. The van der Waals surface area contributed by atoms with Crippen LogP contribution < -0.4 is 5.32 Å². The van der Waals surface area contributed by atoms with Crippen molar-refractivity contribution in [2.75, 3.05) is 26.9 Å². The Morgan fingerprint density at radius 1 is 1.37 bits per heavy atom. The quantitative estimate of drug-likeness (QED) is 0.774. The zero-order valence-corrected chi connectivity index (χ0v) is 12.2. The average Bonchev–Trinajstić information content (AvgIpc) is 2.40. The van der Waals surface area contributed by atoms with E-state index >= 15 is 0 Å². The second-order valence-electron chi connectivity index (χ2n) is 6.11. The molecule has 0 aromatic carbocycles. The topological polar surface area (TPSA) is 50.7 Å². The zero-order valence-electron chi connectivity index (χ0n) is 12.2. The van der Waals surface area contributed by atoms with Crippen molar-refractivity contribution in [3.05, 3.63) is 0 Å². The molecule has 1 saturated carbocycles. The molecule has 2 fully saturated rings. The van der Waals surface area contributed by atoms with Crippen molar-refractivity contribution >= 4 is 0 Å². The molecule has 4 heteroatoms. The Labute approximate surface area is 116 Å². The molecule has 0 bridgehead atoms. The van der Waals surface area contributed by atoms with E-state index in [0.717, 1.165) is 25.9 Å². The lowest BCUT2D eigenvalue weighted by atomic mass is 9.78. The van der Waals surface area contributed by atoms with E-state index in [4.69, 9.17) is 14.6 Å². The van der Waals surface area contributed by atoms with Crippen LogP contribution in [0, 0.1) is 0 Å². The molecule has 2 rings (SSSR count). The molecule has 1 spiro atoms. The summed E-state index contributed by atoms with van der Waals surface area (Å²) in [5, 5.41) is 12.8.